The number of nitrogens with zero attached hydrogens (tertiary/aromatic N) is 4. The van der Waals surface area contributed by atoms with Gasteiger partial charge in [-0.15, -0.1) is 0 Å². The summed E-state index contributed by atoms with van der Waals surface area (Å²) in [5.41, 5.74) is 1.63. The monoisotopic (exact) mass is 489 g/mol. The topological polar surface area (TPSA) is 116 Å². The summed E-state index contributed by atoms with van der Waals surface area (Å²) in [6.45, 7) is 2.38. The molecule has 33 heavy (non-hydrogen) atoms. The number of nitrogens with one attached hydrogen (secondary N) is 1. The molecule has 3 aromatic rings. The fourth-order valence-electron chi connectivity index (χ4n) is 3.54. The number of anilines is 2. The third-order valence-corrected chi connectivity index (χ3v) is 7.01. The number of phenolic OH excluding ortho intramolecular Hbond substituents is 1. The van der Waals surface area contributed by atoms with Crippen LogP contribution in [0.15, 0.2) is 66.0 Å². The number of amides is 1. The van der Waals surface area contributed by atoms with Crippen LogP contribution in [0.1, 0.15) is 6.99 Å². The predicted molar refractivity (Wildman–Crippen MR) is 127 cm³/mol. The highest BCUT2D eigenvalue weighted by molar-refractivity contribution is 7.92. The lowest BCUT2D eigenvalue weighted by molar-refractivity contribution is -0.130. The lowest BCUT2D eigenvalue weighted by atomic mass is 10.1. The van der Waals surface area contributed by atoms with E-state index in [1.54, 1.807) is 41.3 Å². The van der Waals surface area contributed by atoms with Crippen molar-refractivity contribution in [1.29, 1.82) is 0 Å². The number of sulfonamides is 1. The fourth-order valence-corrected chi connectivity index (χ4v) is 4.76. The van der Waals surface area contributed by atoms with Crippen molar-refractivity contribution in [2.24, 2.45) is 0 Å². The molecule has 1 aliphatic heterocycles. The van der Waals surface area contributed by atoms with Gasteiger partial charge in [-0.2, -0.15) is 0 Å². The minimum absolute atomic E-state index is 0. The average molecular weight is 490 g/mol. The number of hydrogen-bond donors (Lipinski definition) is 2. The zero-order valence-corrected chi connectivity index (χ0v) is 19.1. The van der Waals surface area contributed by atoms with Gasteiger partial charge in [0.2, 0.25) is 5.91 Å². The third-order valence-electron chi connectivity index (χ3n) is 5.33. The Kier molecular flexibility index (Phi) is 6.66. The zero-order chi connectivity index (χ0) is 23.4. The SMILES string of the molecule is O=C(Cc1ccc(O)c(Cl)c1)N1CCN(c2ccc(S(=O)(=O)Nc3ccncn3)cc2)CC1.[HH]. The number of carbonyl (C=O) groups is 1. The molecule has 1 saturated heterocycles. The van der Waals surface area contributed by atoms with Gasteiger partial charge in [-0.05, 0) is 48.0 Å². The standard InChI is InChI=1S/C22H22ClN5O4S.H2/c23-19-13-16(1-6-20(19)29)14-22(30)28-11-9-27(10-12-28)17-2-4-18(5-3-17)33(31,32)26-21-7-8-24-15-25-21;/h1-8,13,15,29H,9-12,14H2,(H,24,25,26);1H. The van der Waals surface area contributed by atoms with Gasteiger partial charge in [0.25, 0.3) is 10.0 Å². The molecule has 0 spiro atoms. The molecule has 1 amide bonds. The van der Waals surface area contributed by atoms with Crippen molar-refractivity contribution in [1.82, 2.24) is 14.9 Å². The van der Waals surface area contributed by atoms with Gasteiger partial charge in [0.15, 0.2) is 0 Å². The quantitative estimate of drug-likeness (QED) is 0.547. The maximum Gasteiger partial charge on any atom is 0.263 e. The maximum atomic E-state index is 12.6. The van der Waals surface area contributed by atoms with Crippen LogP contribution >= 0.6 is 11.6 Å². The van der Waals surface area contributed by atoms with E-state index >= 15 is 0 Å². The molecule has 9 nitrogen and oxygen atoms in total. The summed E-state index contributed by atoms with van der Waals surface area (Å²) in [6, 6.07) is 12.8. The van der Waals surface area contributed by atoms with Crippen molar-refractivity contribution in [2.45, 2.75) is 11.3 Å². The largest absolute Gasteiger partial charge is 0.506 e. The third kappa shape index (κ3) is 5.52. The number of halogens is 1. The van der Waals surface area contributed by atoms with Gasteiger partial charge in [-0.25, -0.2) is 18.4 Å². The summed E-state index contributed by atoms with van der Waals surface area (Å²) in [6.07, 6.45) is 2.94. The minimum atomic E-state index is -3.75. The number of benzene rings is 2. The lowest BCUT2D eigenvalue weighted by Crippen LogP contribution is -2.49. The van der Waals surface area contributed by atoms with Crippen molar-refractivity contribution in [3.63, 3.8) is 0 Å². The van der Waals surface area contributed by atoms with Gasteiger partial charge in [0.1, 0.15) is 17.9 Å². The number of phenols is 1. The number of hydrogen-bond acceptors (Lipinski definition) is 7. The van der Waals surface area contributed by atoms with E-state index in [9.17, 15) is 18.3 Å². The number of piperazine rings is 1. The molecule has 2 aromatic carbocycles. The van der Waals surface area contributed by atoms with Crippen molar-refractivity contribution in [3.8, 4) is 5.75 Å². The van der Waals surface area contributed by atoms with Crippen LogP contribution in [0.25, 0.3) is 0 Å². The molecule has 0 saturated carbocycles. The number of aromatic hydroxyl groups is 1. The Hall–Kier alpha value is -3.37. The van der Waals surface area contributed by atoms with E-state index in [1.807, 2.05) is 0 Å². The summed E-state index contributed by atoms with van der Waals surface area (Å²) >= 11 is 5.92. The van der Waals surface area contributed by atoms with Crippen LogP contribution < -0.4 is 9.62 Å². The number of aromatic nitrogens is 2. The lowest BCUT2D eigenvalue weighted by Gasteiger charge is -2.36. The summed E-state index contributed by atoms with van der Waals surface area (Å²) in [5, 5.41) is 9.74. The molecular formula is C22H24ClN5O4S. The molecule has 1 fully saturated rings. The summed E-state index contributed by atoms with van der Waals surface area (Å²) < 4.78 is 27.5. The number of rotatable bonds is 6. The highest BCUT2D eigenvalue weighted by Gasteiger charge is 2.22. The van der Waals surface area contributed by atoms with Crippen molar-refractivity contribution >= 4 is 39.0 Å². The maximum absolute atomic E-state index is 12.6. The van der Waals surface area contributed by atoms with Crippen LogP contribution in [0.5, 0.6) is 5.75 Å². The van der Waals surface area contributed by atoms with Gasteiger partial charge in [0.05, 0.1) is 16.3 Å². The Balaban J connectivity index is 0.00000324. The van der Waals surface area contributed by atoms with Crippen molar-refractivity contribution < 1.29 is 19.7 Å². The normalized spacial score (nSPS) is 14.2. The second-order valence-corrected chi connectivity index (χ2v) is 9.61. The van der Waals surface area contributed by atoms with E-state index in [0.29, 0.717) is 26.2 Å². The minimum Gasteiger partial charge on any atom is -0.506 e. The summed E-state index contributed by atoms with van der Waals surface area (Å²) in [5.74, 6) is 0.184. The fraction of sp³-hybridized carbons (Fsp3) is 0.227. The Morgan fingerprint density at radius 3 is 2.45 bits per heavy atom. The molecule has 0 atom stereocenters. The van der Waals surface area contributed by atoms with E-state index in [2.05, 4.69) is 19.6 Å². The molecule has 2 heterocycles. The van der Waals surface area contributed by atoms with Gasteiger partial charge in [0, 0.05) is 39.5 Å². The van der Waals surface area contributed by atoms with Crippen LogP contribution in [0.4, 0.5) is 11.5 Å². The van der Waals surface area contributed by atoms with Crippen LogP contribution in [-0.2, 0) is 21.2 Å². The molecule has 0 aliphatic carbocycles. The van der Waals surface area contributed by atoms with E-state index < -0.39 is 10.0 Å². The van der Waals surface area contributed by atoms with E-state index in [0.717, 1.165) is 11.3 Å². The highest BCUT2D eigenvalue weighted by atomic mass is 35.5. The molecule has 11 heteroatoms. The second-order valence-electron chi connectivity index (χ2n) is 7.52. The first-order valence-electron chi connectivity index (χ1n) is 10.2. The molecule has 1 aromatic heterocycles. The van der Waals surface area contributed by atoms with Crippen molar-refractivity contribution in [3.05, 3.63) is 71.6 Å². The molecule has 4 rings (SSSR count). The zero-order valence-electron chi connectivity index (χ0n) is 17.6. The molecule has 0 radical (unpaired) electrons. The first-order chi connectivity index (χ1) is 15.8. The van der Waals surface area contributed by atoms with E-state index in [4.69, 9.17) is 11.6 Å². The van der Waals surface area contributed by atoms with Crippen LogP contribution in [0.2, 0.25) is 5.02 Å². The van der Waals surface area contributed by atoms with Crippen LogP contribution in [0, 0.1) is 0 Å². The first kappa shape index (κ1) is 22.8. The van der Waals surface area contributed by atoms with E-state index in [-0.39, 0.29) is 35.2 Å². The first-order valence-corrected chi connectivity index (χ1v) is 12.1. The average Bonchev–Trinajstić information content (AvgIpc) is 2.82. The Morgan fingerprint density at radius 2 is 1.82 bits per heavy atom. The van der Waals surface area contributed by atoms with Gasteiger partial charge in [-0.1, -0.05) is 17.7 Å². The summed E-state index contributed by atoms with van der Waals surface area (Å²) in [4.78, 5) is 24.3. The second kappa shape index (κ2) is 9.63. The van der Waals surface area contributed by atoms with Crippen LogP contribution in [0.3, 0.4) is 0 Å². The Labute approximate surface area is 198 Å². The Bertz CT molecular complexity index is 1240. The van der Waals surface area contributed by atoms with Crippen LogP contribution in [-0.4, -0.2) is 60.5 Å². The molecule has 2 N–H and O–H groups in total. The summed E-state index contributed by atoms with van der Waals surface area (Å²) in [7, 11) is -3.75. The molecule has 0 bridgehead atoms. The van der Waals surface area contributed by atoms with Crippen molar-refractivity contribution in [2.75, 3.05) is 35.8 Å². The van der Waals surface area contributed by atoms with Gasteiger partial charge in [-0.3, -0.25) is 9.52 Å². The molecular weight excluding hydrogens is 466 g/mol. The predicted octanol–water partition coefficient (Wildman–Crippen LogP) is 2.77. The molecule has 1 aliphatic rings. The molecule has 0 unspecified atom stereocenters. The molecule has 174 valence electrons. The van der Waals surface area contributed by atoms with E-state index in [1.165, 1.54) is 24.7 Å². The smallest absolute Gasteiger partial charge is 0.263 e. The Morgan fingerprint density at radius 1 is 1.09 bits per heavy atom. The highest BCUT2D eigenvalue weighted by Crippen LogP contribution is 2.25. The van der Waals surface area contributed by atoms with Gasteiger partial charge >= 0.3 is 0 Å². The van der Waals surface area contributed by atoms with Gasteiger partial charge < -0.3 is 14.9 Å². The number of carbonyl (C=O) groups excluding carboxylic acids is 1.